The number of carbonyl (C=O) groups is 2. The van der Waals surface area contributed by atoms with Gasteiger partial charge in [0.15, 0.2) is 20.1 Å². The van der Waals surface area contributed by atoms with E-state index >= 15 is 0 Å². The van der Waals surface area contributed by atoms with E-state index in [1.165, 1.54) is 28.7 Å². The molecule has 35 heavy (non-hydrogen) atoms. The molecule has 180 valence electrons. The highest BCUT2D eigenvalue weighted by molar-refractivity contribution is 7.90. The summed E-state index contributed by atoms with van der Waals surface area (Å²) in [6.45, 7) is 1.96. The molecule has 11 heteroatoms. The Morgan fingerprint density at radius 3 is 2.49 bits per heavy atom. The lowest BCUT2D eigenvalue weighted by Gasteiger charge is -2.19. The van der Waals surface area contributed by atoms with Crippen molar-refractivity contribution in [3.63, 3.8) is 0 Å². The van der Waals surface area contributed by atoms with Crippen LogP contribution in [0.2, 0.25) is 0 Å². The van der Waals surface area contributed by atoms with E-state index in [1.54, 1.807) is 24.3 Å². The van der Waals surface area contributed by atoms with Crippen LogP contribution in [0.3, 0.4) is 0 Å². The van der Waals surface area contributed by atoms with Crippen molar-refractivity contribution < 1.29 is 18.0 Å². The predicted octanol–water partition coefficient (Wildman–Crippen LogP) is 4.78. The van der Waals surface area contributed by atoms with Crippen LogP contribution in [-0.4, -0.2) is 36.5 Å². The molecular formula is C24H22N4O4S3. The number of hydrogen-bond acceptors (Lipinski definition) is 8. The van der Waals surface area contributed by atoms with Gasteiger partial charge in [-0.3, -0.25) is 14.9 Å². The third-order valence-electron chi connectivity index (χ3n) is 5.82. The van der Waals surface area contributed by atoms with Gasteiger partial charge in [-0.1, -0.05) is 29.0 Å². The van der Waals surface area contributed by atoms with Gasteiger partial charge in [0, 0.05) is 16.7 Å². The molecule has 5 rings (SSSR count). The van der Waals surface area contributed by atoms with E-state index in [4.69, 9.17) is 0 Å². The third-order valence-corrected chi connectivity index (χ3v) is 8.91. The van der Waals surface area contributed by atoms with Gasteiger partial charge in [0.1, 0.15) is 0 Å². The number of nitrogens with zero attached hydrogens (tertiary/aromatic N) is 2. The van der Waals surface area contributed by atoms with Gasteiger partial charge in [-0.15, -0.1) is 11.3 Å². The minimum absolute atomic E-state index is 0.213. The van der Waals surface area contributed by atoms with Crippen molar-refractivity contribution >= 4 is 64.8 Å². The van der Waals surface area contributed by atoms with Crippen LogP contribution in [0.25, 0.3) is 10.2 Å². The van der Waals surface area contributed by atoms with Gasteiger partial charge < -0.3 is 5.32 Å². The Hall–Kier alpha value is -3.15. The molecule has 2 heterocycles. The number of fused-ring (bicyclic) bond motifs is 2. The second-order valence-electron chi connectivity index (χ2n) is 8.50. The van der Waals surface area contributed by atoms with E-state index in [0.29, 0.717) is 38.2 Å². The fraction of sp³-hybridized carbons (Fsp3) is 0.250. The zero-order valence-corrected chi connectivity index (χ0v) is 21.4. The van der Waals surface area contributed by atoms with E-state index in [1.807, 2.05) is 19.1 Å². The third kappa shape index (κ3) is 4.97. The van der Waals surface area contributed by atoms with E-state index in [9.17, 15) is 18.0 Å². The summed E-state index contributed by atoms with van der Waals surface area (Å²) in [7, 11) is -3.33. The maximum atomic E-state index is 13.2. The quantitative estimate of drug-likeness (QED) is 0.387. The Balaban J connectivity index is 1.33. The number of thiazole rings is 2. The molecule has 0 radical (unpaired) electrons. The highest BCUT2D eigenvalue weighted by Gasteiger charge is 2.31. The Morgan fingerprint density at radius 2 is 1.74 bits per heavy atom. The summed E-state index contributed by atoms with van der Waals surface area (Å²) in [5.41, 5.74) is 2.94. The minimum atomic E-state index is -3.33. The average molecular weight is 527 g/mol. The maximum Gasteiger partial charge on any atom is 0.257 e. The Labute approximate surface area is 210 Å². The van der Waals surface area contributed by atoms with Gasteiger partial charge in [0.25, 0.3) is 5.91 Å². The molecule has 8 nitrogen and oxygen atoms in total. The Kier molecular flexibility index (Phi) is 6.16. The number of aromatic nitrogens is 2. The number of aryl methyl sites for hydroxylation is 2. The van der Waals surface area contributed by atoms with E-state index in [-0.39, 0.29) is 16.7 Å². The van der Waals surface area contributed by atoms with Gasteiger partial charge in [-0.25, -0.2) is 18.4 Å². The van der Waals surface area contributed by atoms with Crippen molar-refractivity contribution in [3.8, 4) is 0 Å². The first-order chi connectivity index (χ1) is 16.7. The molecule has 2 N–H and O–H groups in total. The number of carbonyl (C=O) groups excluding carboxylic acids is 2. The molecule has 0 bridgehead atoms. The standard InChI is InChI=1S/C24H22N4O4S3/c1-13-6-8-14(9-7-13)21(29)27-24-26-20-16(4-3-5-18(20)33-24)22(30)28-23-25-17-11-10-15(35(2,31)32)12-19(17)34-23/h6-12,16H,3-5H2,1-2H3,(H,25,28,30)(H,26,27,29). The lowest BCUT2D eigenvalue weighted by molar-refractivity contribution is -0.117. The number of rotatable bonds is 5. The number of benzene rings is 2. The number of hydrogen-bond donors (Lipinski definition) is 2. The number of amides is 2. The highest BCUT2D eigenvalue weighted by atomic mass is 32.2. The SMILES string of the molecule is Cc1ccc(C(=O)Nc2nc3c(s2)CCCC3C(=O)Nc2nc3ccc(S(C)(=O)=O)cc3s2)cc1. The van der Waals surface area contributed by atoms with Crippen molar-refractivity contribution in [2.45, 2.75) is 37.0 Å². The lowest BCUT2D eigenvalue weighted by Crippen LogP contribution is -2.24. The van der Waals surface area contributed by atoms with E-state index in [2.05, 4.69) is 20.6 Å². The summed E-state index contributed by atoms with van der Waals surface area (Å²) in [5.74, 6) is -0.895. The van der Waals surface area contributed by atoms with Crippen molar-refractivity contribution in [3.05, 3.63) is 64.2 Å². The van der Waals surface area contributed by atoms with Crippen LogP contribution in [0.5, 0.6) is 0 Å². The second-order valence-corrected chi connectivity index (χ2v) is 12.6. The largest absolute Gasteiger partial charge is 0.301 e. The van der Waals surface area contributed by atoms with E-state index < -0.39 is 15.8 Å². The molecule has 2 aromatic heterocycles. The molecule has 0 saturated heterocycles. The summed E-state index contributed by atoms with van der Waals surface area (Å²) < 4.78 is 24.3. The zero-order valence-electron chi connectivity index (χ0n) is 19.0. The molecule has 1 atom stereocenters. The Morgan fingerprint density at radius 1 is 1.00 bits per heavy atom. The first-order valence-corrected chi connectivity index (χ1v) is 14.5. The first-order valence-electron chi connectivity index (χ1n) is 11.0. The average Bonchev–Trinajstić information content (AvgIpc) is 3.40. The topological polar surface area (TPSA) is 118 Å². The van der Waals surface area contributed by atoms with Crippen LogP contribution in [0.4, 0.5) is 10.3 Å². The van der Waals surface area contributed by atoms with Crippen molar-refractivity contribution in [2.75, 3.05) is 16.9 Å². The molecule has 1 unspecified atom stereocenters. The highest BCUT2D eigenvalue weighted by Crippen LogP contribution is 2.38. The second kappa shape index (κ2) is 9.14. The van der Waals surface area contributed by atoms with Crippen molar-refractivity contribution in [1.82, 2.24) is 9.97 Å². The van der Waals surface area contributed by atoms with Crippen LogP contribution in [0.1, 0.15) is 45.3 Å². The van der Waals surface area contributed by atoms with Crippen LogP contribution in [-0.2, 0) is 21.1 Å². The number of nitrogens with one attached hydrogen (secondary N) is 2. The number of sulfone groups is 1. The normalized spacial score (nSPS) is 15.5. The molecule has 2 amide bonds. The lowest BCUT2D eigenvalue weighted by atomic mass is 9.90. The molecule has 1 aliphatic carbocycles. The van der Waals surface area contributed by atoms with Gasteiger partial charge in [-0.2, -0.15) is 0 Å². The molecule has 4 aromatic rings. The minimum Gasteiger partial charge on any atom is -0.301 e. The molecule has 2 aromatic carbocycles. The van der Waals surface area contributed by atoms with Crippen molar-refractivity contribution in [2.24, 2.45) is 0 Å². The maximum absolute atomic E-state index is 13.2. The summed E-state index contributed by atoms with van der Waals surface area (Å²) in [6.07, 6.45) is 3.46. The summed E-state index contributed by atoms with van der Waals surface area (Å²) in [5, 5.41) is 6.62. The van der Waals surface area contributed by atoms with Gasteiger partial charge >= 0.3 is 0 Å². The summed E-state index contributed by atoms with van der Waals surface area (Å²) in [6, 6.07) is 12.0. The summed E-state index contributed by atoms with van der Waals surface area (Å²) in [4.78, 5) is 36.0. The smallest absolute Gasteiger partial charge is 0.257 e. The predicted molar refractivity (Wildman–Crippen MR) is 138 cm³/mol. The molecule has 0 fully saturated rings. The first kappa shape index (κ1) is 23.6. The fourth-order valence-corrected chi connectivity index (χ4v) is 6.67. The molecule has 0 spiro atoms. The molecule has 0 saturated carbocycles. The van der Waals surface area contributed by atoms with Crippen LogP contribution in [0.15, 0.2) is 47.4 Å². The number of anilines is 2. The molecule has 1 aliphatic rings. The van der Waals surface area contributed by atoms with Crippen LogP contribution >= 0.6 is 22.7 Å². The monoisotopic (exact) mass is 526 g/mol. The van der Waals surface area contributed by atoms with Crippen LogP contribution < -0.4 is 10.6 Å². The summed E-state index contributed by atoms with van der Waals surface area (Å²) >= 11 is 2.63. The molecular weight excluding hydrogens is 504 g/mol. The van der Waals surface area contributed by atoms with Crippen molar-refractivity contribution in [1.29, 1.82) is 0 Å². The zero-order chi connectivity index (χ0) is 24.7. The Bertz CT molecular complexity index is 1560. The van der Waals surface area contributed by atoms with E-state index in [0.717, 1.165) is 29.5 Å². The molecule has 0 aliphatic heterocycles. The van der Waals surface area contributed by atoms with Gasteiger partial charge in [0.05, 0.1) is 26.7 Å². The van der Waals surface area contributed by atoms with Gasteiger partial charge in [0.2, 0.25) is 5.91 Å². The fourth-order valence-electron chi connectivity index (χ4n) is 3.98. The van der Waals surface area contributed by atoms with Crippen LogP contribution in [0, 0.1) is 6.92 Å². The van der Waals surface area contributed by atoms with Gasteiger partial charge in [-0.05, 0) is 56.5 Å².